The van der Waals surface area contributed by atoms with Crippen LogP contribution in [0.5, 0.6) is 0 Å². The number of hydrogen-bond acceptors (Lipinski definition) is 3. The van der Waals surface area contributed by atoms with E-state index in [0.717, 1.165) is 32.5 Å². The summed E-state index contributed by atoms with van der Waals surface area (Å²) in [6, 6.07) is 3.42. The number of likely N-dealkylation sites (tertiary alicyclic amines) is 1. The molecular formula is C15H22ClN3O. The predicted octanol–water partition coefficient (Wildman–Crippen LogP) is 3.43. The zero-order chi connectivity index (χ0) is 14.8. The summed E-state index contributed by atoms with van der Waals surface area (Å²) < 4.78 is 0. The first kappa shape index (κ1) is 15.1. The largest absolute Gasteiger partial charge is 0.370 e. The molecule has 1 amide bonds. The van der Waals surface area contributed by atoms with Crippen LogP contribution < -0.4 is 5.32 Å². The van der Waals surface area contributed by atoms with Crippen molar-refractivity contribution in [2.75, 3.05) is 25.0 Å². The molecule has 0 unspecified atom stereocenters. The Kier molecular flexibility index (Phi) is 4.53. The fourth-order valence-electron chi connectivity index (χ4n) is 2.39. The monoisotopic (exact) mass is 295 g/mol. The van der Waals surface area contributed by atoms with Gasteiger partial charge in [0, 0.05) is 25.2 Å². The average Bonchev–Trinajstić information content (AvgIpc) is 2.37. The van der Waals surface area contributed by atoms with Crippen LogP contribution in [0, 0.1) is 5.41 Å². The van der Waals surface area contributed by atoms with Crippen molar-refractivity contribution in [1.82, 2.24) is 9.88 Å². The van der Waals surface area contributed by atoms with Crippen molar-refractivity contribution < 1.29 is 4.79 Å². The van der Waals surface area contributed by atoms with Crippen LogP contribution >= 0.6 is 11.6 Å². The smallest absolute Gasteiger partial charge is 0.254 e. The summed E-state index contributed by atoms with van der Waals surface area (Å²) in [6.45, 7) is 8.85. The van der Waals surface area contributed by atoms with E-state index in [9.17, 15) is 4.79 Å². The normalized spacial score (nSPS) is 17.9. The van der Waals surface area contributed by atoms with E-state index in [1.165, 1.54) is 0 Å². The van der Waals surface area contributed by atoms with Crippen molar-refractivity contribution in [2.24, 2.45) is 5.41 Å². The fourth-order valence-corrected chi connectivity index (χ4v) is 2.60. The van der Waals surface area contributed by atoms with E-state index in [-0.39, 0.29) is 5.91 Å². The maximum Gasteiger partial charge on any atom is 0.254 e. The molecule has 0 atom stereocenters. The third-order valence-electron chi connectivity index (χ3n) is 3.80. The van der Waals surface area contributed by atoms with E-state index in [1.807, 2.05) is 11.8 Å². The zero-order valence-corrected chi connectivity index (χ0v) is 13.1. The summed E-state index contributed by atoms with van der Waals surface area (Å²) in [6.07, 6.45) is 2.08. The average molecular weight is 296 g/mol. The molecule has 0 bridgehead atoms. The van der Waals surface area contributed by atoms with E-state index in [2.05, 4.69) is 24.1 Å². The van der Waals surface area contributed by atoms with E-state index < -0.39 is 0 Å². The van der Waals surface area contributed by atoms with E-state index in [0.29, 0.717) is 21.9 Å². The van der Waals surface area contributed by atoms with Gasteiger partial charge < -0.3 is 10.2 Å². The Labute approximate surface area is 125 Å². The SMILES string of the molecule is CCNc1cc(C(=O)N2CCC(C)(C)CC2)cc(Cl)n1. The molecule has 4 nitrogen and oxygen atoms in total. The molecule has 1 fully saturated rings. The lowest BCUT2D eigenvalue weighted by Gasteiger charge is -2.37. The molecule has 0 radical (unpaired) electrons. The number of nitrogens with one attached hydrogen (secondary N) is 1. The second-order valence-electron chi connectivity index (χ2n) is 6.05. The topological polar surface area (TPSA) is 45.2 Å². The van der Waals surface area contributed by atoms with Gasteiger partial charge in [0.2, 0.25) is 0 Å². The molecule has 0 spiro atoms. The first-order valence-electron chi connectivity index (χ1n) is 7.12. The van der Waals surface area contributed by atoms with Crippen LogP contribution in [0.15, 0.2) is 12.1 Å². The van der Waals surface area contributed by atoms with Crippen LogP contribution in [0.3, 0.4) is 0 Å². The van der Waals surface area contributed by atoms with Crippen LogP contribution in [0.25, 0.3) is 0 Å². The quantitative estimate of drug-likeness (QED) is 0.869. The van der Waals surface area contributed by atoms with Crippen molar-refractivity contribution >= 4 is 23.3 Å². The Balaban J connectivity index is 2.13. The molecule has 0 aliphatic carbocycles. The molecule has 1 aromatic heterocycles. The Morgan fingerprint density at radius 2 is 2.05 bits per heavy atom. The molecular weight excluding hydrogens is 274 g/mol. The standard InChI is InChI=1S/C15H22ClN3O/c1-4-17-13-10-11(9-12(16)18-13)14(20)19-7-5-15(2,3)6-8-19/h9-10H,4-8H2,1-3H3,(H,17,18). The maximum atomic E-state index is 12.5. The Bertz CT molecular complexity index is 492. The highest BCUT2D eigenvalue weighted by Crippen LogP contribution is 2.30. The molecule has 2 rings (SSSR count). The van der Waals surface area contributed by atoms with Gasteiger partial charge in [-0.05, 0) is 37.3 Å². The highest BCUT2D eigenvalue weighted by Gasteiger charge is 2.28. The van der Waals surface area contributed by atoms with Gasteiger partial charge in [-0.15, -0.1) is 0 Å². The highest BCUT2D eigenvalue weighted by atomic mass is 35.5. The van der Waals surface area contributed by atoms with Gasteiger partial charge in [-0.2, -0.15) is 0 Å². The van der Waals surface area contributed by atoms with Gasteiger partial charge in [0.25, 0.3) is 5.91 Å². The third-order valence-corrected chi connectivity index (χ3v) is 4.00. The Morgan fingerprint density at radius 1 is 1.40 bits per heavy atom. The number of anilines is 1. The van der Waals surface area contributed by atoms with Gasteiger partial charge in [0.1, 0.15) is 11.0 Å². The molecule has 20 heavy (non-hydrogen) atoms. The fraction of sp³-hybridized carbons (Fsp3) is 0.600. The van der Waals surface area contributed by atoms with Gasteiger partial charge in [-0.3, -0.25) is 4.79 Å². The third kappa shape index (κ3) is 3.63. The van der Waals surface area contributed by atoms with Crippen molar-refractivity contribution in [3.8, 4) is 0 Å². The number of halogens is 1. The maximum absolute atomic E-state index is 12.5. The van der Waals surface area contributed by atoms with E-state index >= 15 is 0 Å². The first-order valence-corrected chi connectivity index (χ1v) is 7.50. The first-order chi connectivity index (χ1) is 9.41. The molecule has 0 saturated carbocycles. The molecule has 2 heterocycles. The lowest BCUT2D eigenvalue weighted by Crippen LogP contribution is -2.41. The van der Waals surface area contributed by atoms with Gasteiger partial charge in [-0.1, -0.05) is 25.4 Å². The number of carbonyl (C=O) groups is 1. The van der Waals surface area contributed by atoms with Crippen molar-refractivity contribution in [3.05, 3.63) is 22.8 Å². The lowest BCUT2D eigenvalue weighted by atomic mass is 9.82. The van der Waals surface area contributed by atoms with Crippen LogP contribution in [0.1, 0.15) is 44.0 Å². The second-order valence-corrected chi connectivity index (χ2v) is 6.44. The molecule has 5 heteroatoms. The van der Waals surface area contributed by atoms with Gasteiger partial charge >= 0.3 is 0 Å². The van der Waals surface area contributed by atoms with E-state index in [4.69, 9.17) is 11.6 Å². The summed E-state index contributed by atoms with van der Waals surface area (Å²) in [4.78, 5) is 18.6. The minimum atomic E-state index is 0.0453. The molecule has 1 aliphatic heterocycles. The molecule has 1 N–H and O–H groups in total. The highest BCUT2D eigenvalue weighted by molar-refractivity contribution is 6.29. The van der Waals surface area contributed by atoms with Crippen LogP contribution in [0.4, 0.5) is 5.82 Å². The minimum absolute atomic E-state index is 0.0453. The number of pyridine rings is 1. The van der Waals surface area contributed by atoms with Crippen LogP contribution in [0.2, 0.25) is 5.15 Å². The Hall–Kier alpha value is -1.29. The summed E-state index contributed by atoms with van der Waals surface area (Å²) in [5.74, 6) is 0.699. The van der Waals surface area contributed by atoms with Crippen LogP contribution in [-0.2, 0) is 0 Å². The zero-order valence-electron chi connectivity index (χ0n) is 12.4. The van der Waals surface area contributed by atoms with Gasteiger partial charge in [0.15, 0.2) is 0 Å². The predicted molar refractivity (Wildman–Crippen MR) is 82.3 cm³/mol. The minimum Gasteiger partial charge on any atom is -0.370 e. The van der Waals surface area contributed by atoms with Crippen molar-refractivity contribution in [1.29, 1.82) is 0 Å². The number of amides is 1. The number of carbonyl (C=O) groups excluding carboxylic acids is 1. The summed E-state index contributed by atoms with van der Waals surface area (Å²) in [5, 5.41) is 3.44. The lowest BCUT2D eigenvalue weighted by molar-refractivity contribution is 0.0630. The number of hydrogen-bond donors (Lipinski definition) is 1. The van der Waals surface area contributed by atoms with Crippen LogP contribution in [-0.4, -0.2) is 35.4 Å². The van der Waals surface area contributed by atoms with E-state index in [1.54, 1.807) is 12.1 Å². The number of rotatable bonds is 3. The van der Waals surface area contributed by atoms with Gasteiger partial charge in [0.05, 0.1) is 0 Å². The summed E-state index contributed by atoms with van der Waals surface area (Å²) in [5.41, 5.74) is 0.947. The second kappa shape index (κ2) is 6.00. The molecule has 1 aliphatic rings. The van der Waals surface area contributed by atoms with Crippen molar-refractivity contribution in [3.63, 3.8) is 0 Å². The van der Waals surface area contributed by atoms with Gasteiger partial charge in [-0.25, -0.2) is 4.98 Å². The summed E-state index contributed by atoms with van der Waals surface area (Å²) in [7, 11) is 0. The number of nitrogens with zero attached hydrogens (tertiary/aromatic N) is 2. The molecule has 1 aromatic rings. The summed E-state index contributed by atoms with van der Waals surface area (Å²) >= 11 is 5.99. The van der Waals surface area contributed by atoms with Crippen molar-refractivity contribution in [2.45, 2.75) is 33.6 Å². The molecule has 1 saturated heterocycles. The number of piperidine rings is 1. The molecule has 110 valence electrons. The number of aromatic nitrogens is 1. The molecule has 0 aromatic carbocycles. The Morgan fingerprint density at radius 3 is 2.65 bits per heavy atom.